The van der Waals surface area contributed by atoms with Crippen molar-refractivity contribution in [2.45, 2.75) is 0 Å². The maximum Gasteiger partial charge on any atom is 0.142 e. The van der Waals surface area contributed by atoms with E-state index >= 15 is 0 Å². The molecule has 6 heteroatoms. The molecular formula is C40H28N2O4. The van der Waals surface area contributed by atoms with Gasteiger partial charge in [-0.3, -0.25) is 0 Å². The molecule has 0 unspecified atom stereocenters. The number of nitrogen functional groups attached to an aromatic ring is 2. The number of phenolic OH excluding ortho intramolecular Hbond substituents is 2. The van der Waals surface area contributed by atoms with E-state index in [9.17, 15) is 10.2 Å². The molecule has 0 atom stereocenters. The van der Waals surface area contributed by atoms with Crippen molar-refractivity contribution in [3.8, 4) is 57.5 Å². The Kier molecular flexibility index (Phi) is 7.26. The van der Waals surface area contributed by atoms with Crippen LogP contribution in [0.3, 0.4) is 0 Å². The van der Waals surface area contributed by atoms with Gasteiger partial charge in [-0.15, -0.1) is 0 Å². The van der Waals surface area contributed by atoms with Crippen molar-refractivity contribution in [2.75, 3.05) is 11.5 Å². The molecule has 7 rings (SSSR count). The van der Waals surface area contributed by atoms with Crippen molar-refractivity contribution in [3.63, 3.8) is 0 Å². The highest BCUT2D eigenvalue weighted by atomic mass is 16.5. The molecule has 0 radical (unpaired) electrons. The topological polar surface area (TPSA) is 111 Å². The summed E-state index contributed by atoms with van der Waals surface area (Å²) in [7, 11) is 0. The second-order valence-corrected chi connectivity index (χ2v) is 10.8. The van der Waals surface area contributed by atoms with Crippen LogP contribution in [0.2, 0.25) is 0 Å². The highest BCUT2D eigenvalue weighted by Crippen LogP contribution is 2.48. The van der Waals surface area contributed by atoms with Gasteiger partial charge in [0.05, 0.1) is 11.4 Å². The molecule has 7 aromatic rings. The number of aromatic hydroxyl groups is 2. The van der Waals surface area contributed by atoms with Crippen LogP contribution >= 0.6 is 0 Å². The van der Waals surface area contributed by atoms with E-state index in [1.165, 1.54) is 12.1 Å². The van der Waals surface area contributed by atoms with E-state index in [2.05, 4.69) is 11.8 Å². The minimum Gasteiger partial charge on any atom is -0.506 e. The number of benzene rings is 7. The van der Waals surface area contributed by atoms with E-state index in [1.54, 1.807) is 24.3 Å². The summed E-state index contributed by atoms with van der Waals surface area (Å²) in [5.41, 5.74) is 15.5. The predicted octanol–water partition coefficient (Wildman–Crippen LogP) is 9.22. The van der Waals surface area contributed by atoms with Gasteiger partial charge in [0.15, 0.2) is 0 Å². The zero-order chi connectivity index (χ0) is 31.6. The molecule has 6 N–H and O–H groups in total. The molecule has 7 aromatic carbocycles. The summed E-state index contributed by atoms with van der Waals surface area (Å²) in [5, 5.41) is 24.5. The van der Waals surface area contributed by atoms with E-state index in [0.717, 1.165) is 43.8 Å². The molecule has 0 aliphatic carbocycles. The first-order valence-corrected chi connectivity index (χ1v) is 14.6. The summed E-state index contributed by atoms with van der Waals surface area (Å²) in [6.45, 7) is 0. The molecule has 0 aliphatic rings. The van der Waals surface area contributed by atoms with Crippen molar-refractivity contribution >= 4 is 32.9 Å². The molecule has 0 saturated heterocycles. The lowest BCUT2D eigenvalue weighted by Gasteiger charge is -2.20. The molecule has 222 valence electrons. The molecule has 6 nitrogen and oxygen atoms in total. The molecule has 0 fully saturated rings. The minimum atomic E-state index is -0.0772. The van der Waals surface area contributed by atoms with Crippen LogP contribution in [0.5, 0.6) is 34.5 Å². The van der Waals surface area contributed by atoms with Crippen molar-refractivity contribution in [1.82, 2.24) is 0 Å². The fraction of sp³-hybridized carbons (Fsp3) is 0. The second kappa shape index (κ2) is 11.8. The van der Waals surface area contributed by atoms with E-state index < -0.39 is 0 Å². The Morgan fingerprint density at radius 3 is 1.76 bits per heavy atom. The van der Waals surface area contributed by atoms with Gasteiger partial charge in [-0.2, -0.15) is 0 Å². The summed E-state index contributed by atoms with van der Waals surface area (Å²) in [4.78, 5) is 0. The summed E-state index contributed by atoms with van der Waals surface area (Å²) < 4.78 is 13.0. The average Bonchev–Trinajstić information content (AvgIpc) is 3.08. The Morgan fingerprint density at radius 1 is 0.500 bits per heavy atom. The smallest absolute Gasteiger partial charge is 0.142 e. The molecule has 0 heterocycles. The van der Waals surface area contributed by atoms with Crippen LogP contribution in [0.4, 0.5) is 11.4 Å². The maximum absolute atomic E-state index is 10.4. The van der Waals surface area contributed by atoms with Gasteiger partial charge in [0.2, 0.25) is 0 Å². The Morgan fingerprint density at radius 2 is 1.09 bits per heavy atom. The summed E-state index contributed by atoms with van der Waals surface area (Å²) >= 11 is 0. The lowest BCUT2D eigenvalue weighted by Crippen LogP contribution is -1.97. The molecule has 0 aromatic heterocycles. The van der Waals surface area contributed by atoms with Crippen LogP contribution in [-0.4, -0.2) is 10.2 Å². The summed E-state index contributed by atoms with van der Waals surface area (Å²) in [6, 6.07) is 41.3. The molecule has 0 amide bonds. The second-order valence-electron chi connectivity index (χ2n) is 10.8. The van der Waals surface area contributed by atoms with Crippen LogP contribution in [0.25, 0.3) is 32.7 Å². The highest BCUT2D eigenvalue weighted by molar-refractivity contribution is 6.11. The number of nitrogens with two attached hydrogens (primary N) is 2. The van der Waals surface area contributed by atoms with Gasteiger partial charge in [-0.05, 0) is 70.8 Å². The molecule has 0 bridgehead atoms. The monoisotopic (exact) mass is 600 g/mol. The standard InChI is InChI=1S/C40H28N2O4/c41-32-19-17-29(23-34(32)43)45-36-21-15-26-9-4-5-12-31(26)39(36)40-37(46-30-18-20-33(42)35(44)24-30)22-16-28-11-6-10-27(38(28)40)14-13-25-7-2-1-3-8-25/h1-12,15-24,43-44H,41-42H2. The van der Waals surface area contributed by atoms with E-state index in [4.69, 9.17) is 20.9 Å². The van der Waals surface area contributed by atoms with Gasteiger partial charge in [0, 0.05) is 39.8 Å². The number of rotatable bonds is 5. The number of phenols is 2. The maximum atomic E-state index is 10.4. The fourth-order valence-corrected chi connectivity index (χ4v) is 5.48. The van der Waals surface area contributed by atoms with E-state index in [0.29, 0.717) is 23.0 Å². The normalized spacial score (nSPS) is 10.8. The number of ether oxygens (including phenoxy) is 2. The zero-order valence-electron chi connectivity index (χ0n) is 24.6. The number of anilines is 2. The first-order valence-electron chi connectivity index (χ1n) is 14.6. The van der Waals surface area contributed by atoms with Gasteiger partial charge >= 0.3 is 0 Å². The van der Waals surface area contributed by atoms with Crippen molar-refractivity contribution in [3.05, 3.63) is 145 Å². The van der Waals surface area contributed by atoms with Crippen LogP contribution in [0, 0.1) is 11.8 Å². The summed E-state index contributed by atoms with van der Waals surface area (Å²) in [6.07, 6.45) is 0. The van der Waals surface area contributed by atoms with Crippen LogP contribution < -0.4 is 20.9 Å². The van der Waals surface area contributed by atoms with Gasteiger partial charge in [0.25, 0.3) is 0 Å². The van der Waals surface area contributed by atoms with Gasteiger partial charge in [-0.1, -0.05) is 78.6 Å². The molecule has 0 saturated carbocycles. The van der Waals surface area contributed by atoms with Crippen molar-refractivity contribution < 1.29 is 19.7 Å². The van der Waals surface area contributed by atoms with E-state index in [1.807, 2.05) is 97.1 Å². The first kappa shape index (κ1) is 28.2. The van der Waals surface area contributed by atoms with Crippen LogP contribution in [0.1, 0.15) is 11.1 Å². The number of fused-ring (bicyclic) bond motifs is 2. The Hall–Kier alpha value is -6.58. The Balaban J connectivity index is 1.54. The minimum absolute atomic E-state index is 0.0735. The third kappa shape index (κ3) is 5.45. The van der Waals surface area contributed by atoms with Gasteiger partial charge in [0.1, 0.15) is 34.5 Å². The van der Waals surface area contributed by atoms with Gasteiger partial charge in [-0.25, -0.2) is 0 Å². The molecular weight excluding hydrogens is 572 g/mol. The molecule has 0 aliphatic heterocycles. The fourth-order valence-electron chi connectivity index (χ4n) is 5.48. The lowest BCUT2D eigenvalue weighted by atomic mass is 9.90. The number of hydrogen-bond donors (Lipinski definition) is 4. The van der Waals surface area contributed by atoms with Crippen LogP contribution in [-0.2, 0) is 0 Å². The Labute approximate surface area is 265 Å². The third-order valence-corrected chi connectivity index (χ3v) is 7.72. The quantitative estimate of drug-likeness (QED) is 0.0890. The van der Waals surface area contributed by atoms with Crippen molar-refractivity contribution in [2.24, 2.45) is 0 Å². The average molecular weight is 601 g/mol. The van der Waals surface area contributed by atoms with Crippen molar-refractivity contribution in [1.29, 1.82) is 0 Å². The predicted molar refractivity (Wildman–Crippen MR) is 184 cm³/mol. The molecule has 0 spiro atoms. The zero-order valence-corrected chi connectivity index (χ0v) is 24.6. The summed E-state index contributed by atoms with van der Waals surface area (Å²) in [5.74, 6) is 8.44. The Bertz CT molecular complexity index is 2320. The van der Waals surface area contributed by atoms with E-state index in [-0.39, 0.29) is 22.9 Å². The largest absolute Gasteiger partial charge is 0.506 e. The SMILES string of the molecule is Nc1ccc(Oc2ccc3ccccc3c2-c2c(Oc3ccc(N)c(O)c3)ccc3cccc(C#Cc4ccccc4)c23)cc1O. The third-order valence-electron chi connectivity index (χ3n) is 7.72. The van der Waals surface area contributed by atoms with Gasteiger partial charge < -0.3 is 31.2 Å². The lowest BCUT2D eigenvalue weighted by molar-refractivity contribution is 0.454. The van der Waals surface area contributed by atoms with Crippen LogP contribution in [0.15, 0.2) is 133 Å². The highest BCUT2D eigenvalue weighted by Gasteiger charge is 2.22. The number of hydrogen-bond acceptors (Lipinski definition) is 6. The first-order chi connectivity index (χ1) is 22.4. The molecule has 46 heavy (non-hydrogen) atoms.